The Labute approximate surface area is 99.4 Å². The van der Waals surface area contributed by atoms with E-state index in [9.17, 15) is 13.2 Å². The number of hydrogen-bond acceptors (Lipinski definition) is 2. The molecule has 1 radical (unpaired) electrons. The van der Waals surface area contributed by atoms with Gasteiger partial charge in [-0.3, -0.25) is 4.57 Å². The third-order valence-electron chi connectivity index (χ3n) is 1.88. The summed E-state index contributed by atoms with van der Waals surface area (Å²) in [6, 6.07) is 4.07. The Balaban J connectivity index is 2.41. The van der Waals surface area contributed by atoms with Crippen LogP contribution >= 0.6 is 11.6 Å². The third-order valence-corrected chi connectivity index (χ3v) is 2.26. The second-order valence-corrected chi connectivity index (χ2v) is 3.41. The summed E-state index contributed by atoms with van der Waals surface area (Å²) in [4.78, 5) is 3.66. The van der Waals surface area contributed by atoms with Crippen molar-refractivity contribution in [1.29, 1.82) is 0 Å². The highest BCUT2D eigenvalue weighted by Crippen LogP contribution is 2.34. The first-order valence-corrected chi connectivity index (χ1v) is 4.81. The van der Waals surface area contributed by atoms with E-state index in [2.05, 4.69) is 16.0 Å². The van der Waals surface area contributed by atoms with E-state index in [1.807, 2.05) is 0 Å². The van der Waals surface area contributed by atoms with Gasteiger partial charge in [-0.05, 0) is 12.1 Å². The Morgan fingerprint density at radius 3 is 2.71 bits per heavy atom. The largest absolute Gasteiger partial charge is 0.573 e. The molecule has 0 fully saturated rings. The van der Waals surface area contributed by atoms with Crippen LogP contribution < -0.4 is 4.74 Å². The quantitative estimate of drug-likeness (QED) is 0.830. The van der Waals surface area contributed by atoms with E-state index >= 15 is 0 Å². The summed E-state index contributed by atoms with van der Waals surface area (Å²) < 4.78 is 41.4. The normalized spacial score (nSPS) is 11.5. The average Bonchev–Trinajstić information content (AvgIpc) is 2.72. The van der Waals surface area contributed by atoms with Gasteiger partial charge < -0.3 is 4.74 Å². The second-order valence-electron chi connectivity index (χ2n) is 3.03. The molecule has 0 spiro atoms. The zero-order valence-corrected chi connectivity index (χ0v) is 8.96. The van der Waals surface area contributed by atoms with Gasteiger partial charge in [0.05, 0.1) is 5.69 Å². The summed E-state index contributed by atoms with van der Waals surface area (Å²) in [5, 5.41) is -0.154. The summed E-state index contributed by atoms with van der Waals surface area (Å²) in [7, 11) is 0. The van der Waals surface area contributed by atoms with Gasteiger partial charge in [0.1, 0.15) is 10.8 Å². The lowest BCUT2D eigenvalue weighted by atomic mass is 10.3. The van der Waals surface area contributed by atoms with E-state index in [1.54, 1.807) is 0 Å². The predicted octanol–water partition coefficient (Wildman–Crippen LogP) is 3.22. The number of rotatable bonds is 2. The molecule has 0 unspecified atom stereocenters. The van der Waals surface area contributed by atoms with Crippen molar-refractivity contribution in [2.75, 3.05) is 0 Å². The van der Waals surface area contributed by atoms with Crippen LogP contribution in [0.5, 0.6) is 5.75 Å². The number of alkyl halides is 3. The Kier molecular flexibility index (Phi) is 2.97. The summed E-state index contributed by atoms with van der Waals surface area (Å²) in [5.74, 6) is -0.459. The van der Waals surface area contributed by atoms with Crippen molar-refractivity contribution < 1.29 is 17.9 Å². The molecule has 0 aliphatic rings. The monoisotopic (exact) mass is 261 g/mol. The fraction of sp³-hybridized carbons (Fsp3) is 0.100. The number of aromatic nitrogens is 2. The van der Waals surface area contributed by atoms with Gasteiger partial charge in [-0.1, -0.05) is 17.7 Å². The highest BCUT2D eigenvalue weighted by molar-refractivity contribution is 6.33. The van der Waals surface area contributed by atoms with Crippen LogP contribution in [0, 0.1) is 6.33 Å². The lowest BCUT2D eigenvalue weighted by Gasteiger charge is -2.12. The number of nitrogens with zero attached hydrogens (tertiary/aromatic N) is 2. The standard InChI is InChI=1S/C10H5ClF3N2O/c11-9-7(16-5-4-15-6-16)2-1-3-8(9)17-10(12,13)14/h1-5H. The molecule has 0 saturated heterocycles. The predicted molar refractivity (Wildman–Crippen MR) is 54.1 cm³/mol. The Morgan fingerprint density at radius 1 is 1.35 bits per heavy atom. The molecule has 0 saturated carbocycles. The minimum atomic E-state index is -4.78. The average molecular weight is 262 g/mol. The van der Waals surface area contributed by atoms with E-state index in [0.717, 1.165) is 6.07 Å². The maximum Gasteiger partial charge on any atom is 0.573 e. The lowest BCUT2D eigenvalue weighted by Crippen LogP contribution is -2.17. The highest BCUT2D eigenvalue weighted by atomic mass is 35.5. The first kappa shape index (κ1) is 11.8. The molecule has 89 valence electrons. The number of benzene rings is 1. The van der Waals surface area contributed by atoms with Crippen LogP contribution in [0.2, 0.25) is 5.02 Å². The number of halogens is 4. The topological polar surface area (TPSA) is 27.1 Å². The van der Waals surface area contributed by atoms with E-state index in [4.69, 9.17) is 11.6 Å². The zero-order valence-electron chi connectivity index (χ0n) is 8.20. The number of hydrogen-bond donors (Lipinski definition) is 0. The van der Waals surface area contributed by atoms with Crippen molar-refractivity contribution >= 4 is 11.6 Å². The molecule has 0 atom stereocenters. The van der Waals surface area contributed by atoms with Crippen molar-refractivity contribution in [3.63, 3.8) is 0 Å². The highest BCUT2D eigenvalue weighted by Gasteiger charge is 2.32. The summed E-state index contributed by atoms with van der Waals surface area (Å²) in [6.45, 7) is 0. The number of imidazole rings is 1. The molecule has 0 bridgehead atoms. The van der Waals surface area contributed by atoms with Crippen LogP contribution in [0.25, 0.3) is 5.69 Å². The van der Waals surface area contributed by atoms with Crippen LogP contribution in [0.4, 0.5) is 13.2 Å². The van der Waals surface area contributed by atoms with Gasteiger partial charge in [0, 0.05) is 12.4 Å². The molecule has 1 aromatic heterocycles. The third kappa shape index (κ3) is 2.71. The number of ether oxygens (including phenoxy) is 1. The molecule has 1 aromatic carbocycles. The molecule has 7 heteroatoms. The molecular formula is C10H5ClF3N2O. The van der Waals surface area contributed by atoms with Gasteiger partial charge >= 0.3 is 6.36 Å². The molecule has 2 rings (SSSR count). The minimum Gasteiger partial charge on any atom is -0.404 e. The van der Waals surface area contributed by atoms with Gasteiger partial charge in [-0.25, -0.2) is 4.98 Å². The summed E-state index contributed by atoms with van der Waals surface area (Å²) in [5.41, 5.74) is 0.311. The fourth-order valence-electron chi connectivity index (χ4n) is 1.25. The second kappa shape index (κ2) is 4.29. The van der Waals surface area contributed by atoms with Crippen LogP contribution in [-0.4, -0.2) is 15.9 Å². The van der Waals surface area contributed by atoms with Gasteiger partial charge in [0.15, 0.2) is 6.33 Å². The van der Waals surface area contributed by atoms with Gasteiger partial charge in [-0.2, -0.15) is 0 Å². The van der Waals surface area contributed by atoms with Gasteiger partial charge in [-0.15, -0.1) is 13.2 Å². The van der Waals surface area contributed by atoms with Crippen LogP contribution in [0.15, 0.2) is 30.6 Å². The van der Waals surface area contributed by atoms with Crippen LogP contribution in [0.1, 0.15) is 0 Å². The van der Waals surface area contributed by atoms with E-state index in [-0.39, 0.29) is 5.02 Å². The van der Waals surface area contributed by atoms with Crippen molar-refractivity contribution in [2.24, 2.45) is 0 Å². The zero-order chi connectivity index (χ0) is 12.5. The van der Waals surface area contributed by atoms with E-state index in [0.29, 0.717) is 5.69 Å². The molecule has 3 nitrogen and oxygen atoms in total. The minimum absolute atomic E-state index is 0.154. The molecule has 1 heterocycles. The lowest BCUT2D eigenvalue weighted by molar-refractivity contribution is -0.274. The smallest absolute Gasteiger partial charge is 0.404 e. The molecule has 17 heavy (non-hydrogen) atoms. The molecular weight excluding hydrogens is 257 g/mol. The van der Waals surface area contributed by atoms with Gasteiger partial charge in [0.25, 0.3) is 0 Å². The van der Waals surface area contributed by atoms with Crippen LogP contribution in [-0.2, 0) is 0 Å². The van der Waals surface area contributed by atoms with E-state index < -0.39 is 12.1 Å². The fourth-order valence-corrected chi connectivity index (χ4v) is 1.51. The van der Waals surface area contributed by atoms with Gasteiger partial charge in [0.2, 0.25) is 0 Å². The molecule has 2 aromatic rings. The molecule has 0 amide bonds. The first-order chi connectivity index (χ1) is 7.97. The maximum absolute atomic E-state index is 12.1. The molecule has 0 N–H and O–H groups in total. The SMILES string of the molecule is FC(F)(F)Oc1cccc(-n2[c]ncc2)c1Cl. The Hall–Kier alpha value is -1.69. The van der Waals surface area contributed by atoms with Crippen molar-refractivity contribution in [3.8, 4) is 11.4 Å². The van der Waals surface area contributed by atoms with E-state index in [1.165, 1.54) is 29.1 Å². The Morgan fingerprint density at radius 2 is 2.12 bits per heavy atom. The maximum atomic E-state index is 12.1. The molecule has 0 aliphatic carbocycles. The first-order valence-electron chi connectivity index (χ1n) is 4.43. The van der Waals surface area contributed by atoms with Crippen molar-refractivity contribution in [3.05, 3.63) is 41.9 Å². The Bertz CT molecular complexity index is 511. The van der Waals surface area contributed by atoms with Crippen LogP contribution in [0.3, 0.4) is 0 Å². The summed E-state index contributed by atoms with van der Waals surface area (Å²) >= 11 is 5.81. The van der Waals surface area contributed by atoms with Crippen molar-refractivity contribution in [1.82, 2.24) is 9.55 Å². The van der Waals surface area contributed by atoms with Crippen molar-refractivity contribution in [2.45, 2.75) is 6.36 Å². The summed E-state index contributed by atoms with van der Waals surface area (Å²) in [6.07, 6.45) is 0.703. The molecule has 0 aliphatic heterocycles.